The van der Waals surface area contributed by atoms with Gasteiger partial charge in [-0.15, -0.1) is 0 Å². The van der Waals surface area contributed by atoms with Gasteiger partial charge in [-0.2, -0.15) is 0 Å². The van der Waals surface area contributed by atoms with Gasteiger partial charge in [-0.05, 0) is 55.0 Å². The lowest BCUT2D eigenvalue weighted by molar-refractivity contribution is -0.118. The summed E-state index contributed by atoms with van der Waals surface area (Å²) in [6, 6.07) is 17.6. The Balaban J connectivity index is 1.71. The zero-order valence-electron chi connectivity index (χ0n) is 17.3. The molecular weight excluding hydrogens is 398 g/mol. The van der Waals surface area contributed by atoms with Crippen molar-refractivity contribution in [3.63, 3.8) is 0 Å². The lowest BCUT2D eigenvalue weighted by Crippen LogP contribution is -2.20. The van der Waals surface area contributed by atoms with Gasteiger partial charge in [0.15, 0.2) is 6.61 Å². The molecule has 3 rings (SSSR count). The van der Waals surface area contributed by atoms with E-state index in [9.17, 15) is 14.4 Å². The number of carbonyl (C=O) groups is 3. The first-order chi connectivity index (χ1) is 15.0. The van der Waals surface area contributed by atoms with Gasteiger partial charge in [0.25, 0.3) is 5.91 Å². The Labute approximate surface area is 179 Å². The minimum absolute atomic E-state index is 0.136. The van der Waals surface area contributed by atoms with Gasteiger partial charge in [-0.25, -0.2) is 9.59 Å². The molecule has 0 heterocycles. The highest BCUT2D eigenvalue weighted by Gasteiger charge is 2.16. The fourth-order valence-corrected chi connectivity index (χ4v) is 2.96. The van der Waals surface area contributed by atoms with Gasteiger partial charge >= 0.3 is 11.9 Å². The summed E-state index contributed by atoms with van der Waals surface area (Å²) in [4.78, 5) is 36.6. The highest BCUT2D eigenvalue weighted by Crippen LogP contribution is 2.21. The molecule has 0 aromatic heterocycles. The average molecular weight is 421 g/mol. The van der Waals surface area contributed by atoms with E-state index in [2.05, 4.69) is 5.32 Å². The van der Waals surface area contributed by atoms with Crippen molar-refractivity contribution in [1.82, 2.24) is 0 Å². The van der Waals surface area contributed by atoms with E-state index in [1.807, 2.05) is 36.4 Å². The number of esters is 2. The van der Waals surface area contributed by atoms with Crippen LogP contribution in [0.25, 0.3) is 10.8 Å². The number of benzene rings is 3. The molecule has 0 aliphatic heterocycles. The first kappa shape index (κ1) is 21.8. The van der Waals surface area contributed by atoms with Crippen LogP contribution in [0, 0.1) is 0 Å². The first-order valence-electron chi connectivity index (χ1n) is 9.91. The molecule has 3 aromatic rings. The molecule has 0 aliphatic rings. The van der Waals surface area contributed by atoms with Crippen LogP contribution in [0.2, 0.25) is 0 Å². The summed E-state index contributed by atoms with van der Waals surface area (Å²) in [6.45, 7) is 3.43. The summed E-state index contributed by atoms with van der Waals surface area (Å²) in [5.74, 6) is -1.39. The minimum atomic E-state index is -0.598. The minimum Gasteiger partial charge on any atom is -0.484 e. The second-order valence-corrected chi connectivity index (χ2v) is 6.59. The van der Waals surface area contributed by atoms with Crippen LogP contribution in [0.1, 0.15) is 34.6 Å². The second kappa shape index (κ2) is 10.2. The third-order valence-electron chi connectivity index (χ3n) is 4.33. The standard InChI is InChI=1S/C24H23NO6/c1-3-29-23(27)18-11-19(24(28)30-4-2)14-21(13-18)31-15-22(26)25-20-10-9-16-7-5-6-8-17(16)12-20/h5-14H,3-4,15H2,1-2H3,(H,25,26). The Morgan fingerprint density at radius 1 is 0.774 bits per heavy atom. The van der Waals surface area contributed by atoms with Crippen LogP contribution in [0.15, 0.2) is 60.7 Å². The molecule has 0 fully saturated rings. The normalized spacial score (nSPS) is 10.4. The molecule has 1 amide bonds. The summed E-state index contributed by atoms with van der Waals surface area (Å²) in [7, 11) is 0. The molecule has 0 unspecified atom stereocenters. The lowest BCUT2D eigenvalue weighted by atomic mass is 10.1. The van der Waals surface area contributed by atoms with E-state index < -0.39 is 11.9 Å². The van der Waals surface area contributed by atoms with Gasteiger partial charge in [0.05, 0.1) is 24.3 Å². The van der Waals surface area contributed by atoms with Crippen molar-refractivity contribution in [1.29, 1.82) is 0 Å². The van der Waals surface area contributed by atoms with Crippen LogP contribution in [0.3, 0.4) is 0 Å². The molecule has 0 bridgehead atoms. The van der Waals surface area contributed by atoms with E-state index in [0.717, 1.165) is 10.8 Å². The Kier molecular flexibility index (Phi) is 7.22. The van der Waals surface area contributed by atoms with E-state index in [-0.39, 0.29) is 42.6 Å². The monoisotopic (exact) mass is 421 g/mol. The van der Waals surface area contributed by atoms with Crippen molar-refractivity contribution in [2.45, 2.75) is 13.8 Å². The fraction of sp³-hybridized carbons (Fsp3) is 0.208. The number of anilines is 1. The zero-order valence-corrected chi connectivity index (χ0v) is 17.3. The second-order valence-electron chi connectivity index (χ2n) is 6.59. The van der Waals surface area contributed by atoms with Crippen LogP contribution in [0.5, 0.6) is 5.75 Å². The predicted octanol–water partition coefficient (Wildman–Crippen LogP) is 4.21. The molecule has 31 heavy (non-hydrogen) atoms. The van der Waals surface area contributed by atoms with Crippen molar-refractivity contribution in [2.75, 3.05) is 25.1 Å². The summed E-state index contributed by atoms with van der Waals surface area (Å²) in [5.41, 5.74) is 0.912. The number of amides is 1. The number of carbonyl (C=O) groups excluding carboxylic acids is 3. The third kappa shape index (κ3) is 5.82. The Hall–Kier alpha value is -3.87. The Bertz CT molecular complexity index is 1070. The maximum absolute atomic E-state index is 12.3. The SMILES string of the molecule is CCOC(=O)c1cc(OCC(=O)Nc2ccc3ccccc3c2)cc(C(=O)OCC)c1. The van der Waals surface area contributed by atoms with Crippen molar-refractivity contribution >= 4 is 34.3 Å². The van der Waals surface area contributed by atoms with Gasteiger partial charge < -0.3 is 19.5 Å². The average Bonchev–Trinajstić information content (AvgIpc) is 2.78. The highest BCUT2D eigenvalue weighted by atomic mass is 16.5. The molecule has 0 atom stereocenters. The number of ether oxygens (including phenoxy) is 3. The number of hydrogen-bond acceptors (Lipinski definition) is 6. The third-order valence-corrected chi connectivity index (χ3v) is 4.33. The van der Waals surface area contributed by atoms with Gasteiger partial charge in [-0.1, -0.05) is 30.3 Å². The van der Waals surface area contributed by atoms with Gasteiger partial charge in [0.1, 0.15) is 5.75 Å². The molecular formula is C24H23NO6. The number of nitrogens with one attached hydrogen (secondary N) is 1. The summed E-state index contributed by atoms with van der Waals surface area (Å²) >= 11 is 0. The van der Waals surface area contributed by atoms with Crippen LogP contribution >= 0.6 is 0 Å². The number of fused-ring (bicyclic) bond motifs is 1. The lowest BCUT2D eigenvalue weighted by Gasteiger charge is -2.11. The number of hydrogen-bond donors (Lipinski definition) is 1. The van der Waals surface area contributed by atoms with Crippen LogP contribution in [-0.4, -0.2) is 37.7 Å². The smallest absolute Gasteiger partial charge is 0.338 e. The largest absolute Gasteiger partial charge is 0.484 e. The molecule has 7 heteroatoms. The molecule has 0 saturated heterocycles. The summed E-state index contributed by atoms with van der Waals surface area (Å²) in [6.07, 6.45) is 0. The van der Waals surface area contributed by atoms with Crippen LogP contribution in [0.4, 0.5) is 5.69 Å². The van der Waals surface area contributed by atoms with Crippen molar-refractivity contribution in [2.24, 2.45) is 0 Å². The van der Waals surface area contributed by atoms with E-state index in [1.165, 1.54) is 18.2 Å². The Morgan fingerprint density at radius 3 is 2.00 bits per heavy atom. The first-order valence-corrected chi connectivity index (χ1v) is 9.91. The van der Waals surface area contributed by atoms with E-state index in [1.54, 1.807) is 19.9 Å². The fourth-order valence-electron chi connectivity index (χ4n) is 2.96. The zero-order chi connectivity index (χ0) is 22.2. The molecule has 0 saturated carbocycles. The van der Waals surface area contributed by atoms with Gasteiger partial charge in [0.2, 0.25) is 0 Å². The number of rotatable bonds is 8. The molecule has 0 radical (unpaired) electrons. The molecule has 0 spiro atoms. The van der Waals surface area contributed by atoms with Crippen molar-refractivity contribution in [3.8, 4) is 5.75 Å². The van der Waals surface area contributed by atoms with E-state index in [0.29, 0.717) is 5.69 Å². The van der Waals surface area contributed by atoms with E-state index in [4.69, 9.17) is 14.2 Å². The highest BCUT2D eigenvalue weighted by molar-refractivity contribution is 5.97. The Morgan fingerprint density at radius 2 is 1.39 bits per heavy atom. The van der Waals surface area contributed by atoms with Crippen LogP contribution < -0.4 is 10.1 Å². The summed E-state index contributed by atoms with van der Waals surface area (Å²) in [5, 5.41) is 4.84. The maximum Gasteiger partial charge on any atom is 0.338 e. The molecule has 3 aromatic carbocycles. The topological polar surface area (TPSA) is 90.9 Å². The molecule has 160 valence electrons. The molecule has 7 nitrogen and oxygen atoms in total. The van der Waals surface area contributed by atoms with Crippen LogP contribution in [-0.2, 0) is 14.3 Å². The van der Waals surface area contributed by atoms with Gasteiger partial charge in [0, 0.05) is 5.69 Å². The quantitative estimate of drug-likeness (QED) is 0.548. The maximum atomic E-state index is 12.3. The predicted molar refractivity (Wildman–Crippen MR) is 116 cm³/mol. The van der Waals surface area contributed by atoms with Crippen molar-refractivity contribution < 1.29 is 28.6 Å². The van der Waals surface area contributed by atoms with Gasteiger partial charge in [-0.3, -0.25) is 4.79 Å². The summed E-state index contributed by atoms with van der Waals surface area (Å²) < 4.78 is 15.5. The molecule has 0 aliphatic carbocycles. The van der Waals surface area contributed by atoms with Crippen molar-refractivity contribution in [3.05, 3.63) is 71.8 Å². The van der Waals surface area contributed by atoms with E-state index >= 15 is 0 Å². The molecule has 1 N–H and O–H groups in total.